The highest BCUT2D eigenvalue weighted by atomic mass is 32.2. The second-order valence-corrected chi connectivity index (χ2v) is 6.93. The number of nitrogens with zero attached hydrogens (tertiary/aromatic N) is 2. The van der Waals surface area contributed by atoms with Gasteiger partial charge in [-0.3, -0.25) is 0 Å². The molecular weight excluding hydrogens is 296 g/mol. The van der Waals surface area contributed by atoms with Crippen LogP contribution in [0, 0.1) is 0 Å². The molecule has 2 heterocycles. The van der Waals surface area contributed by atoms with Crippen molar-refractivity contribution < 1.29 is 8.42 Å². The number of sulfonamides is 1. The molecule has 0 radical (unpaired) electrons. The predicted octanol–water partition coefficient (Wildman–Crippen LogP) is 1.62. The van der Waals surface area contributed by atoms with Gasteiger partial charge in [0, 0.05) is 24.3 Å². The van der Waals surface area contributed by atoms with E-state index >= 15 is 0 Å². The van der Waals surface area contributed by atoms with E-state index < -0.39 is 10.0 Å². The van der Waals surface area contributed by atoms with Crippen molar-refractivity contribution in [2.45, 2.75) is 24.8 Å². The number of hydrogen-bond donors (Lipinski definition) is 2. The lowest BCUT2D eigenvalue weighted by Crippen LogP contribution is -2.24. The van der Waals surface area contributed by atoms with Crippen molar-refractivity contribution in [3.63, 3.8) is 0 Å². The molecule has 0 aliphatic heterocycles. The molecule has 20 heavy (non-hydrogen) atoms. The molecule has 108 valence electrons. The van der Waals surface area contributed by atoms with Gasteiger partial charge < -0.3 is 5.32 Å². The predicted molar refractivity (Wildman–Crippen MR) is 79.3 cm³/mol. The zero-order valence-electron chi connectivity index (χ0n) is 11.3. The fraction of sp³-hybridized carbons (Fsp3) is 0.333. The molecule has 2 rings (SSSR count). The van der Waals surface area contributed by atoms with Crippen LogP contribution in [-0.4, -0.2) is 25.4 Å². The molecule has 0 aromatic carbocycles. The van der Waals surface area contributed by atoms with E-state index in [0.29, 0.717) is 5.82 Å². The number of aromatic nitrogens is 2. The van der Waals surface area contributed by atoms with E-state index in [1.54, 1.807) is 25.5 Å². The van der Waals surface area contributed by atoms with E-state index in [0.717, 1.165) is 16.3 Å². The van der Waals surface area contributed by atoms with E-state index in [9.17, 15) is 8.42 Å². The lowest BCUT2D eigenvalue weighted by molar-refractivity contribution is 0.581. The van der Waals surface area contributed by atoms with Crippen LogP contribution in [0.2, 0.25) is 0 Å². The van der Waals surface area contributed by atoms with Crippen molar-refractivity contribution in [1.29, 1.82) is 0 Å². The van der Waals surface area contributed by atoms with Crippen LogP contribution in [0.3, 0.4) is 0 Å². The van der Waals surface area contributed by atoms with Gasteiger partial charge in [-0.25, -0.2) is 23.1 Å². The molecule has 0 amide bonds. The Morgan fingerprint density at radius 3 is 2.80 bits per heavy atom. The fourth-order valence-corrected chi connectivity index (χ4v) is 3.67. The van der Waals surface area contributed by atoms with E-state index in [1.165, 1.54) is 17.4 Å². The molecule has 0 atom stereocenters. The van der Waals surface area contributed by atoms with Crippen molar-refractivity contribution in [2.75, 3.05) is 12.4 Å². The zero-order valence-corrected chi connectivity index (χ0v) is 12.9. The molecule has 0 bridgehead atoms. The lowest BCUT2D eigenvalue weighted by atomic mass is 10.4. The standard InChI is InChI=1S/C12H16N4O2S2/c1-3-9-7-15-11(19-9)8-16-20(17,18)10-5-4-6-14-12(10)13-2/h4-7,16H,3,8H2,1-2H3,(H,13,14). The van der Waals surface area contributed by atoms with Gasteiger partial charge in [0.2, 0.25) is 10.0 Å². The topological polar surface area (TPSA) is 84.0 Å². The minimum absolute atomic E-state index is 0.134. The Morgan fingerprint density at radius 2 is 2.15 bits per heavy atom. The minimum Gasteiger partial charge on any atom is -0.372 e. The first-order chi connectivity index (χ1) is 9.56. The minimum atomic E-state index is -3.61. The van der Waals surface area contributed by atoms with Gasteiger partial charge in [-0.2, -0.15) is 0 Å². The van der Waals surface area contributed by atoms with Gasteiger partial charge in [-0.15, -0.1) is 11.3 Å². The maximum absolute atomic E-state index is 12.2. The highest BCUT2D eigenvalue weighted by molar-refractivity contribution is 7.89. The largest absolute Gasteiger partial charge is 0.372 e. The smallest absolute Gasteiger partial charge is 0.244 e. The summed E-state index contributed by atoms with van der Waals surface area (Å²) >= 11 is 1.51. The summed E-state index contributed by atoms with van der Waals surface area (Å²) in [6, 6.07) is 3.11. The summed E-state index contributed by atoms with van der Waals surface area (Å²) in [7, 11) is -1.97. The number of aryl methyl sites for hydroxylation is 1. The maximum Gasteiger partial charge on any atom is 0.244 e. The van der Waals surface area contributed by atoms with E-state index in [4.69, 9.17) is 0 Å². The van der Waals surface area contributed by atoms with Crippen LogP contribution in [0.25, 0.3) is 0 Å². The third kappa shape index (κ3) is 3.33. The summed E-state index contributed by atoms with van der Waals surface area (Å²) in [5.74, 6) is 0.327. The number of hydrogen-bond acceptors (Lipinski definition) is 6. The summed E-state index contributed by atoms with van der Waals surface area (Å²) in [6.07, 6.45) is 4.22. The van der Waals surface area contributed by atoms with Crippen LogP contribution in [0.15, 0.2) is 29.4 Å². The maximum atomic E-state index is 12.2. The summed E-state index contributed by atoms with van der Waals surface area (Å²) in [5.41, 5.74) is 0. The van der Waals surface area contributed by atoms with Crippen LogP contribution in [0.1, 0.15) is 16.8 Å². The number of pyridine rings is 1. The molecule has 0 spiro atoms. The van der Waals surface area contributed by atoms with Crippen molar-refractivity contribution in [3.8, 4) is 0 Å². The molecule has 2 aromatic rings. The first-order valence-corrected chi connectivity index (χ1v) is 8.42. The third-order valence-corrected chi connectivity index (χ3v) is 5.23. The van der Waals surface area contributed by atoms with Crippen molar-refractivity contribution in [3.05, 3.63) is 34.4 Å². The van der Waals surface area contributed by atoms with Gasteiger partial charge in [0.05, 0.1) is 6.54 Å². The molecule has 0 saturated heterocycles. The first-order valence-electron chi connectivity index (χ1n) is 6.13. The Kier molecular flexibility index (Phi) is 4.69. The molecule has 2 aromatic heterocycles. The van der Waals surface area contributed by atoms with Crippen molar-refractivity contribution in [1.82, 2.24) is 14.7 Å². The van der Waals surface area contributed by atoms with Crippen molar-refractivity contribution >= 4 is 27.2 Å². The zero-order chi connectivity index (χ0) is 14.6. The van der Waals surface area contributed by atoms with Gasteiger partial charge >= 0.3 is 0 Å². The molecule has 0 aliphatic carbocycles. The number of anilines is 1. The van der Waals surface area contributed by atoms with E-state index in [1.807, 2.05) is 6.92 Å². The highest BCUT2D eigenvalue weighted by Gasteiger charge is 2.18. The average Bonchev–Trinajstić information content (AvgIpc) is 2.93. The van der Waals surface area contributed by atoms with Crippen LogP contribution in [0.4, 0.5) is 5.82 Å². The van der Waals surface area contributed by atoms with E-state index in [-0.39, 0.29) is 11.4 Å². The number of rotatable bonds is 6. The van der Waals surface area contributed by atoms with Gasteiger partial charge in [-0.1, -0.05) is 6.92 Å². The Hall–Kier alpha value is -1.51. The first kappa shape index (κ1) is 14.9. The van der Waals surface area contributed by atoms with Crippen molar-refractivity contribution in [2.24, 2.45) is 0 Å². The Bertz CT molecular complexity index is 682. The van der Waals surface area contributed by atoms with Crippen LogP contribution < -0.4 is 10.0 Å². The Balaban J connectivity index is 2.15. The van der Waals surface area contributed by atoms with Crippen LogP contribution in [-0.2, 0) is 23.0 Å². The average molecular weight is 312 g/mol. The molecular formula is C12H16N4O2S2. The molecule has 0 fully saturated rings. The van der Waals surface area contributed by atoms with Gasteiger partial charge in [0.1, 0.15) is 15.7 Å². The van der Waals surface area contributed by atoms with Crippen LogP contribution >= 0.6 is 11.3 Å². The molecule has 0 aliphatic rings. The summed E-state index contributed by atoms with van der Waals surface area (Å²) < 4.78 is 27.0. The molecule has 6 nitrogen and oxygen atoms in total. The molecule has 2 N–H and O–H groups in total. The summed E-state index contributed by atoms with van der Waals surface area (Å²) in [4.78, 5) is 9.45. The quantitative estimate of drug-likeness (QED) is 0.847. The van der Waals surface area contributed by atoms with E-state index in [2.05, 4.69) is 20.0 Å². The van der Waals surface area contributed by atoms with Gasteiger partial charge in [0.25, 0.3) is 0 Å². The molecule has 0 unspecified atom stereocenters. The third-order valence-electron chi connectivity index (χ3n) is 2.66. The van der Waals surface area contributed by atoms with Gasteiger partial charge in [0.15, 0.2) is 0 Å². The number of thiazole rings is 1. The lowest BCUT2D eigenvalue weighted by Gasteiger charge is -2.09. The second-order valence-electron chi connectivity index (χ2n) is 4.00. The summed E-state index contributed by atoms with van der Waals surface area (Å²) in [6.45, 7) is 2.22. The molecule has 8 heteroatoms. The highest BCUT2D eigenvalue weighted by Crippen LogP contribution is 2.18. The second kappa shape index (κ2) is 6.29. The normalized spacial score (nSPS) is 11.5. The SMILES string of the molecule is CCc1cnc(CNS(=O)(=O)c2cccnc2NC)s1. The Morgan fingerprint density at radius 1 is 1.35 bits per heavy atom. The summed E-state index contributed by atoms with van der Waals surface area (Å²) in [5, 5.41) is 3.52. The van der Waals surface area contributed by atoms with Crippen LogP contribution in [0.5, 0.6) is 0 Å². The Labute approximate surface area is 122 Å². The monoisotopic (exact) mass is 312 g/mol. The molecule has 0 saturated carbocycles. The fourth-order valence-electron chi connectivity index (χ4n) is 1.62. The van der Waals surface area contributed by atoms with Gasteiger partial charge in [-0.05, 0) is 18.6 Å². The number of nitrogens with one attached hydrogen (secondary N) is 2.